The molecule has 1 fully saturated rings. The van der Waals surface area contributed by atoms with Crippen molar-refractivity contribution in [2.45, 2.75) is 33.1 Å². The topological polar surface area (TPSA) is 40.5 Å². The summed E-state index contributed by atoms with van der Waals surface area (Å²) in [6.45, 7) is 5.80. The van der Waals surface area contributed by atoms with Crippen molar-refractivity contribution >= 4 is 5.91 Å². The van der Waals surface area contributed by atoms with Crippen molar-refractivity contribution in [3.05, 3.63) is 29.3 Å². The van der Waals surface area contributed by atoms with Crippen LogP contribution >= 0.6 is 0 Å². The molecule has 0 saturated carbocycles. The van der Waals surface area contributed by atoms with Crippen LogP contribution in [0.1, 0.15) is 42.1 Å². The van der Waals surface area contributed by atoms with Gasteiger partial charge < -0.3 is 10.0 Å². The van der Waals surface area contributed by atoms with Crippen molar-refractivity contribution < 1.29 is 9.90 Å². The molecule has 0 bridgehead atoms. The van der Waals surface area contributed by atoms with Crippen LogP contribution in [-0.2, 0) is 0 Å². The van der Waals surface area contributed by atoms with E-state index in [1.165, 1.54) is 12.8 Å². The normalized spacial score (nSPS) is 19.2. The van der Waals surface area contributed by atoms with Crippen LogP contribution in [0.4, 0.5) is 0 Å². The molecular formula is C15H21NO2. The zero-order valence-corrected chi connectivity index (χ0v) is 11.1. The van der Waals surface area contributed by atoms with E-state index in [1.807, 2.05) is 11.8 Å². The fraction of sp³-hybridized carbons (Fsp3) is 0.533. The van der Waals surface area contributed by atoms with Gasteiger partial charge in [0.2, 0.25) is 0 Å². The molecular weight excluding hydrogens is 226 g/mol. The lowest BCUT2D eigenvalue weighted by molar-refractivity contribution is 0.0786. The standard InChI is InChI=1S/C15H21NO2/c1-3-4-12-7-8-16(10-12)15(18)14-6-5-13(17)9-11(14)2/h5-6,9,12,17H,3-4,7-8,10H2,1-2H3. The third-order valence-corrected chi connectivity index (χ3v) is 3.71. The second-order valence-electron chi connectivity index (χ2n) is 5.19. The SMILES string of the molecule is CCCC1CCN(C(=O)c2ccc(O)cc2C)C1. The first kappa shape index (κ1) is 12.9. The quantitative estimate of drug-likeness (QED) is 0.892. The van der Waals surface area contributed by atoms with E-state index in [0.29, 0.717) is 11.5 Å². The molecule has 1 atom stereocenters. The molecule has 1 amide bonds. The van der Waals surface area contributed by atoms with E-state index < -0.39 is 0 Å². The van der Waals surface area contributed by atoms with Gasteiger partial charge in [-0.2, -0.15) is 0 Å². The number of likely N-dealkylation sites (tertiary alicyclic amines) is 1. The molecule has 3 heteroatoms. The summed E-state index contributed by atoms with van der Waals surface area (Å²) in [5, 5.41) is 9.37. The molecule has 0 aliphatic carbocycles. The molecule has 1 N–H and O–H groups in total. The molecule has 1 aromatic rings. The zero-order chi connectivity index (χ0) is 13.1. The van der Waals surface area contributed by atoms with Gasteiger partial charge in [0.15, 0.2) is 0 Å². The van der Waals surface area contributed by atoms with Crippen LogP contribution in [0.3, 0.4) is 0 Å². The molecule has 1 unspecified atom stereocenters. The van der Waals surface area contributed by atoms with Crippen molar-refractivity contribution in [3.8, 4) is 5.75 Å². The Morgan fingerprint density at radius 3 is 2.94 bits per heavy atom. The fourth-order valence-electron chi connectivity index (χ4n) is 2.72. The van der Waals surface area contributed by atoms with Crippen molar-refractivity contribution in [2.24, 2.45) is 5.92 Å². The van der Waals surface area contributed by atoms with Gasteiger partial charge in [-0.15, -0.1) is 0 Å². The maximum Gasteiger partial charge on any atom is 0.254 e. The van der Waals surface area contributed by atoms with E-state index >= 15 is 0 Å². The average molecular weight is 247 g/mol. The van der Waals surface area contributed by atoms with E-state index in [4.69, 9.17) is 0 Å². The van der Waals surface area contributed by atoms with Gasteiger partial charge in [0.05, 0.1) is 0 Å². The van der Waals surface area contributed by atoms with Gasteiger partial charge in [0.25, 0.3) is 5.91 Å². The number of carbonyl (C=O) groups excluding carboxylic acids is 1. The summed E-state index contributed by atoms with van der Waals surface area (Å²) in [4.78, 5) is 14.3. The summed E-state index contributed by atoms with van der Waals surface area (Å²) >= 11 is 0. The number of hydrogen-bond donors (Lipinski definition) is 1. The summed E-state index contributed by atoms with van der Waals surface area (Å²) in [7, 11) is 0. The number of phenolic OH excluding ortho intramolecular Hbond substituents is 1. The van der Waals surface area contributed by atoms with E-state index in [1.54, 1.807) is 18.2 Å². The number of aromatic hydroxyl groups is 1. The summed E-state index contributed by atoms with van der Waals surface area (Å²) in [6.07, 6.45) is 3.51. The number of benzene rings is 1. The van der Waals surface area contributed by atoms with Crippen molar-refractivity contribution in [1.82, 2.24) is 4.90 Å². The molecule has 1 aromatic carbocycles. The minimum Gasteiger partial charge on any atom is -0.508 e. The molecule has 3 nitrogen and oxygen atoms in total. The van der Waals surface area contributed by atoms with Crippen LogP contribution in [0.5, 0.6) is 5.75 Å². The molecule has 1 saturated heterocycles. The largest absolute Gasteiger partial charge is 0.508 e. The van der Waals surface area contributed by atoms with Crippen LogP contribution in [0.2, 0.25) is 0 Å². The highest BCUT2D eigenvalue weighted by Crippen LogP contribution is 2.24. The Morgan fingerprint density at radius 1 is 1.50 bits per heavy atom. The molecule has 2 rings (SSSR count). The second-order valence-corrected chi connectivity index (χ2v) is 5.19. The minimum absolute atomic E-state index is 0.103. The average Bonchev–Trinajstić information content (AvgIpc) is 2.77. The number of phenols is 1. The van der Waals surface area contributed by atoms with Gasteiger partial charge in [-0.05, 0) is 49.4 Å². The van der Waals surface area contributed by atoms with Gasteiger partial charge >= 0.3 is 0 Å². The molecule has 18 heavy (non-hydrogen) atoms. The third-order valence-electron chi connectivity index (χ3n) is 3.71. The fourth-order valence-corrected chi connectivity index (χ4v) is 2.72. The lowest BCUT2D eigenvalue weighted by Gasteiger charge is -2.18. The third kappa shape index (κ3) is 2.66. The molecule has 1 aliphatic heterocycles. The Kier molecular flexibility index (Phi) is 3.90. The Morgan fingerprint density at radius 2 is 2.28 bits per heavy atom. The molecule has 0 aromatic heterocycles. The maximum absolute atomic E-state index is 12.4. The van der Waals surface area contributed by atoms with Crippen LogP contribution in [0.15, 0.2) is 18.2 Å². The number of amides is 1. The highest BCUT2D eigenvalue weighted by Gasteiger charge is 2.26. The van der Waals surface area contributed by atoms with Gasteiger partial charge in [-0.3, -0.25) is 4.79 Å². The first-order valence-electron chi connectivity index (χ1n) is 6.70. The number of aryl methyl sites for hydroxylation is 1. The smallest absolute Gasteiger partial charge is 0.254 e. The Bertz CT molecular complexity index is 442. The van der Waals surface area contributed by atoms with Gasteiger partial charge in [-0.1, -0.05) is 13.3 Å². The van der Waals surface area contributed by atoms with Crippen LogP contribution in [0, 0.1) is 12.8 Å². The zero-order valence-electron chi connectivity index (χ0n) is 11.1. The minimum atomic E-state index is 0.103. The Labute approximate surface area is 108 Å². The van der Waals surface area contributed by atoms with E-state index in [2.05, 4.69) is 6.92 Å². The van der Waals surface area contributed by atoms with Crippen LogP contribution in [0.25, 0.3) is 0 Å². The maximum atomic E-state index is 12.4. The first-order valence-corrected chi connectivity index (χ1v) is 6.70. The molecule has 0 radical (unpaired) electrons. The summed E-state index contributed by atoms with van der Waals surface area (Å²) < 4.78 is 0. The van der Waals surface area contributed by atoms with E-state index in [9.17, 15) is 9.90 Å². The predicted molar refractivity (Wildman–Crippen MR) is 71.8 cm³/mol. The highest BCUT2D eigenvalue weighted by atomic mass is 16.3. The number of hydrogen-bond acceptors (Lipinski definition) is 2. The lowest BCUT2D eigenvalue weighted by atomic mass is 10.0. The van der Waals surface area contributed by atoms with E-state index in [0.717, 1.165) is 25.1 Å². The second kappa shape index (κ2) is 5.42. The van der Waals surface area contributed by atoms with Gasteiger partial charge in [0, 0.05) is 18.7 Å². The number of nitrogens with zero attached hydrogens (tertiary/aromatic N) is 1. The Balaban J connectivity index is 2.08. The molecule has 1 aliphatic rings. The van der Waals surface area contributed by atoms with Crippen molar-refractivity contribution in [3.63, 3.8) is 0 Å². The van der Waals surface area contributed by atoms with E-state index in [-0.39, 0.29) is 11.7 Å². The first-order chi connectivity index (χ1) is 8.61. The molecule has 98 valence electrons. The molecule has 1 heterocycles. The van der Waals surface area contributed by atoms with Crippen molar-refractivity contribution in [2.75, 3.05) is 13.1 Å². The number of carbonyl (C=O) groups is 1. The monoisotopic (exact) mass is 247 g/mol. The summed E-state index contributed by atoms with van der Waals surface area (Å²) in [6, 6.07) is 4.95. The van der Waals surface area contributed by atoms with Gasteiger partial charge in [-0.25, -0.2) is 0 Å². The van der Waals surface area contributed by atoms with Crippen molar-refractivity contribution in [1.29, 1.82) is 0 Å². The van der Waals surface area contributed by atoms with Crippen LogP contribution < -0.4 is 0 Å². The highest BCUT2D eigenvalue weighted by molar-refractivity contribution is 5.96. The predicted octanol–water partition coefficient (Wildman–Crippen LogP) is 2.96. The number of rotatable bonds is 3. The summed E-state index contributed by atoms with van der Waals surface area (Å²) in [5.74, 6) is 0.983. The summed E-state index contributed by atoms with van der Waals surface area (Å²) in [5.41, 5.74) is 1.56. The lowest BCUT2D eigenvalue weighted by Crippen LogP contribution is -2.29. The molecule has 0 spiro atoms. The Hall–Kier alpha value is -1.51. The van der Waals surface area contributed by atoms with Crippen LogP contribution in [-0.4, -0.2) is 29.0 Å². The van der Waals surface area contributed by atoms with Gasteiger partial charge in [0.1, 0.15) is 5.75 Å².